The summed E-state index contributed by atoms with van der Waals surface area (Å²) in [5, 5.41) is 0. The van der Waals surface area contributed by atoms with Crippen LogP contribution in [-0.4, -0.2) is 18.5 Å². The number of ether oxygens (including phenoxy) is 1. The van der Waals surface area contributed by atoms with Crippen molar-refractivity contribution in [2.24, 2.45) is 5.92 Å². The Hall–Kier alpha value is -1.40. The van der Waals surface area contributed by atoms with E-state index in [9.17, 15) is 26.3 Å². The molecular formula is C16H18F6O. The molecule has 7 heteroatoms. The van der Waals surface area contributed by atoms with Gasteiger partial charge in [0.25, 0.3) is 6.17 Å². The molecule has 0 aliphatic heterocycles. The van der Waals surface area contributed by atoms with Crippen LogP contribution < -0.4 is 4.74 Å². The molecule has 1 nitrogen and oxygen atoms in total. The normalized spacial score (nSPS) is 24.3. The Morgan fingerprint density at radius 3 is 1.96 bits per heavy atom. The number of hydrogen-bond donors (Lipinski definition) is 0. The first-order chi connectivity index (χ1) is 10.6. The molecule has 2 rings (SSSR count). The summed E-state index contributed by atoms with van der Waals surface area (Å²) in [6.45, 7) is 2.17. The van der Waals surface area contributed by atoms with Gasteiger partial charge < -0.3 is 4.74 Å². The third-order valence-corrected chi connectivity index (χ3v) is 4.20. The SMILES string of the molecule is CC1CCC(c2ccc(OC(F)(F)C(F)C(F)(F)F)cc2)CC1. The quantitative estimate of drug-likeness (QED) is 0.625. The van der Waals surface area contributed by atoms with Crippen molar-refractivity contribution in [1.82, 2.24) is 0 Å². The van der Waals surface area contributed by atoms with Crippen molar-refractivity contribution in [1.29, 1.82) is 0 Å². The van der Waals surface area contributed by atoms with Crippen LogP contribution in [0.25, 0.3) is 0 Å². The molecule has 0 saturated heterocycles. The number of hydrogen-bond acceptors (Lipinski definition) is 1. The molecule has 1 unspecified atom stereocenters. The Kier molecular flexibility index (Phi) is 5.16. The Bertz CT molecular complexity index is 502. The van der Waals surface area contributed by atoms with Gasteiger partial charge in [-0.3, -0.25) is 0 Å². The van der Waals surface area contributed by atoms with Crippen LogP contribution in [0.1, 0.15) is 44.1 Å². The summed E-state index contributed by atoms with van der Waals surface area (Å²) >= 11 is 0. The van der Waals surface area contributed by atoms with Gasteiger partial charge in [-0.05, 0) is 42.4 Å². The van der Waals surface area contributed by atoms with E-state index in [0.717, 1.165) is 43.4 Å². The number of alkyl halides is 6. The minimum Gasteiger partial charge on any atom is -0.430 e. The van der Waals surface area contributed by atoms with Gasteiger partial charge in [-0.25, -0.2) is 4.39 Å². The molecule has 0 aromatic heterocycles. The zero-order chi connectivity index (χ0) is 17.3. The number of benzene rings is 1. The molecule has 0 spiro atoms. The number of halogens is 6. The molecule has 1 saturated carbocycles. The monoisotopic (exact) mass is 340 g/mol. The smallest absolute Gasteiger partial charge is 0.430 e. The fraction of sp³-hybridized carbons (Fsp3) is 0.625. The second-order valence-electron chi connectivity index (χ2n) is 6.09. The van der Waals surface area contributed by atoms with E-state index in [0.29, 0.717) is 11.8 Å². The molecule has 0 heterocycles. The third-order valence-electron chi connectivity index (χ3n) is 4.20. The van der Waals surface area contributed by atoms with E-state index in [1.807, 2.05) is 0 Å². The predicted molar refractivity (Wildman–Crippen MR) is 73.3 cm³/mol. The summed E-state index contributed by atoms with van der Waals surface area (Å²) in [7, 11) is 0. The van der Waals surface area contributed by atoms with Gasteiger partial charge in [-0.2, -0.15) is 22.0 Å². The standard InChI is InChI=1S/C16H18F6O/c1-10-2-4-11(5-3-10)12-6-8-13(9-7-12)23-16(21,22)14(17)15(18,19)20/h6-11,14H,2-5H2,1H3. The fourth-order valence-corrected chi connectivity index (χ4v) is 2.80. The van der Waals surface area contributed by atoms with Crippen LogP contribution in [0.2, 0.25) is 0 Å². The van der Waals surface area contributed by atoms with Crippen molar-refractivity contribution >= 4 is 0 Å². The number of rotatable bonds is 4. The Morgan fingerprint density at radius 1 is 0.957 bits per heavy atom. The van der Waals surface area contributed by atoms with Crippen molar-refractivity contribution in [3.63, 3.8) is 0 Å². The molecule has 0 bridgehead atoms. The summed E-state index contributed by atoms with van der Waals surface area (Å²) in [6.07, 6.45) is -10.9. The van der Waals surface area contributed by atoms with Gasteiger partial charge in [-0.1, -0.05) is 31.9 Å². The average molecular weight is 340 g/mol. The summed E-state index contributed by atoms with van der Waals surface area (Å²) in [6, 6.07) is 5.41. The summed E-state index contributed by atoms with van der Waals surface area (Å²) < 4.78 is 79.2. The van der Waals surface area contributed by atoms with Gasteiger partial charge in [0.15, 0.2) is 0 Å². The van der Waals surface area contributed by atoms with Gasteiger partial charge >= 0.3 is 12.3 Å². The minimum absolute atomic E-state index is 0.310. The minimum atomic E-state index is -5.68. The van der Waals surface area contributed by atoms with Crippen molar-refractivity contribution in [2.75, 3.05) is 0 Å². The average Bonchev–Trinajstić information content (AvgIpc) is 2.47. The van der Waals surface area contributed by atoms with Crippen molar-refractivity contribution in [3.8, 4) is 5.75 Å². The lowest BCUT2D eigenvalue weighted by molar-refractivity contribution is -0.304. The molecule has 0 amide bonds. The summed E-state index contributed by atoms with van der Waals surface area (Å²) in [5.41, 5.74) is 0.931. The van der Waals surface area contributed by atoms with E-state index in [-0.39, 0.29) is 0 Å². The maximum Gasteiger partial charge on any atom is 0.439 e. The van der Waals surface area contributed by atoms with Crippen molar-refractivity contribution < 1.29 is 31.1 Å². The van der Waals surface area contributed by atoms with Gasteiger partial charge in [-0.15, -0.1) is 0 Å². The summed E-state index contributed by atoms with van der Waals surface area (Å²) in [5.74, 6) is 0.482. The molecule has 130 valence electrons. The zero-order valence-corrected chi connectivity index (χ0v) is 12.5. The molecule has 1 aromatic carbocycles. The second-order valence-corrected chi connectivity index (χ2v) is 6.09. The fourth-order valence-electron chi connectivity index (χ4n) is 2.80. The Balaban J connectivity index is 2.02. The first kappa shape index (κ1) is 17.9. The first-order valence-corrected chi connectivity index (χ1v) is 7.47. The van der Waals surface area contributed by atoms with E-state index in [1.54, 1.807) is 12.1 Å². The Labute approximate surface area is 130 Å². The predicted octanol–water partition coefficient (Wildman–Crippen LogP) is 5.85. The van der Waals surface area contributed by atoms with E-state index in [4.69, 9.17) is 0 Å². The third kappa shape index (κ3) is 4.54. The van der Waals surface area contributed by atoms with E-state index < -0.39 is 24.2 Å². The summed E-state index contributed by atoms with van der Waals surface area (Å²) in [4.78, 5) is 0. The molecule has 1 atom stereocenters. The zero-order valence-electron chi connectivity index (χ0n) is 12.5. The van der Waals surface area contributed by atoms with Crippen LogP contribution in [0.4, 0.5) is 26.3 Å². The Morgan fingerprint density at radius 2 is 1.48 bits per heavy atom. The maximum absolute atomic E-state index is 13.2. The highest BCUT2D eigenvalue weighted by Crippen LogP contribution is 2.38. The van der Waals surface area contributed by atoms with Crippen LogP contribution in [0.5, 0.6) is 5.75 Å². The lowest BCUT2D eigenvalue weighted by atomic mass is 9.79. The second kappa shape index (κ2) is 6.61. The highest BCUT2D eigenvalue weighted by molar-refractivity contribution is 5.30. The van der Waals surface area contributed by atoms with Crippen LogP contribution in [0, 0.1) is 5.92 Å². The van der Waals surface area contributed by atoms with Gasteiger partial charge in [0.2, 0.25) is 0 Å². The molecule has 1 aromatic rings. The van der Waals surface area contributed by atoms with Gasteiger partial charge in [0.05, 0.1) is 0 Å². The van der Waals surface area contributed by atoms with Gasteiger partial charge in [0, 0.05) is 0 Å². The van der Waals surface area contributed by atoms with Crippen LogP contribution in [0.3, 0.4) is 0 Å². The molecule has 0 radical (unpaired) electrons. The van der Waals surface area contributed by atoms with E-state index in [1.165, 1.54) is 0 Å². The maximum atomic E-state index is 13.2. The van der Waals surface area contributed by atoms with Crippen LogP contribution in [0.15, 0.2) is 24.3 Å². The van der Waals surface area contributed by atoms with Crippen molar-refractivity contribution in [3.05, 3.63) is 29.8 Å². The first-order valence-electron chi connectivity index (χ1n) is 7.47. The van der Waals surface area contributed by atoms with Crippen molar-refractivity contribution in [2.45, 2.75) is 57.0 Å². The molecule has 23 heavy (non-hydrogen) atoms. The molecule has 1 aliphatic carbocycles. The van der Waals surface area contributed by atoms with E-state index in [2.05, 4.69) is 11.7 Å². The van der Waals surface area contributed by atoms with Crippen LogP contribution in [-0.2, 0) is 0 Å². The van der Waals surface area contributed by atoms with Gasteiger partial charge in [0.1, 0.15) is 5.75 Å². The topological polar surface area (TPSA) is 9.23 Å². The lowest BCUT2D eigenvalue weighted by Crippen LogP contribution is -2.45. The van der Waals surface area contributed by atoms with E-state index >= 15 is 0 Å². The van der Waals surface area contributed by atoms with Crippen LogP contribution >= 0.6 is 0 Å². The largest absolute Gasteiger partial charge is 0.439 e. The highest BCUT2D eigenvalue weighted by atomic mass is 19.4. The lowest BCUT2D eigenvalue weighted by Gasteiger charge is -2.27. The molecule has 1 aliphatic rings. The molecule has 1 fully saturated rings. The molecular weight excluding hydrogens is 322 g/mol. The highest BCUT2D eigenvalue weighted by Gasteiger charge is 2.59. The molecule has 0 N–H and O–H groups in total.